The second-order valence-corrected chi connectivity index (χ2v) is 8.95. The summed E-state index contributed by atoms with van der Waals surface area (Å²) in [5.74, 6) is 0. The highest BCUT2D eigenvalue weighted by atomic mass is 32.2. The number of aliphatic hydroxyl groups excluding tert-OH is 1. The Morgan fingerprint density at radius 3 is 2.50 bits per heavy atom. The van der Waals surface area contributed by atoms with Crippen LogP contribution < -0.4 is 4.72 Å². The SMILES string of the molecule is CC(O)CNS(=O)(=O)c1cn(C2CCCC2)nc1C(C)(C)C. The van der Waals surface area contributed by atoms with Gasteiger partial charge in [-0.1, -0.05) is 33.6 Å². The molecule has 1 aromatic heterocycles. The van der Waals surface area contributed by atoms with E-state index in [1.54, 1.807) is 13.1 Å². The summed E-state index contributed by atoms with van der Waals surface area (Å²) in [6, 6.07) is 0.293. The van der Waals surface area contributed by atoms with Gasteiger partial charge in [0.05, 0.1) is 17.8 Å². The summed E-state index contributed by atoms with van der Waals surface area (Å²) in [6.45, 7) is 7.43. The summed E-state index contributed by atoms with van der Waals surface area (Å²) in [4.78, 5) is 0.229. The number of hydrogen-bond acceptors (Lipinski definition) is 4. The van der Waals surface area contributed by atoms with Crippen molar-refractivity contribution < 1.29 is 13.5 Å². The van der Waals surface area contributed by atoms with Crippen molar-refractivity contribution in [3.8, 4) is 0 Å². The molecule has 0 radical (unpaired) electrons. The van der Waals surface area contributed by atoms with Gasteiger partial charge in [-0.3, -0.25) is 4.68 Å². The van der Waals surface area contributed by atoms with E-state index in [0.29, 0.717) is 11.7 Å². The molecule has 6 nitrogen and oxygen atoms in total. The smallest absolute Gasteiger partial charge is 0.244 e. The Bertz CT molecular complexity index is 608. The molecule has 0 amide bonds. The fourth-order valence-corrected chi connectivity index (χ4v) is 4.22. The summed E-state index contributed by atoms with van der Waals surface area (Å²) in [6.07, 6.45) is 5.35. The molecule has 1 saturated carbocycles. The van der Waals surface area contributed by atoms with Crippen molar-refractivity contribution in [3.63, 3.8) is 0 Å². The number of aliphatic hydroxyl groups is 1. The van der Waals surface area contributed by atoms with E-state index >= 15 is 0 Å². The van der Waals surface area contributed by atoms with Gasteiger partial charge in [0.25, 0.3) is 0 Å². The Labute approximate surface area is 133 Å². The lowest BCUT2D eigenvalue weighted by Gasteiger charge is -2.18. The van der Waals surface area contributed by atoms with Crippen LogP contribution in [0.15, 0.2) is 11.1 Å². The normalized spacial score (nSPS) is 18.8. The molecule has 1 unspecified atom stereocenters. The van der Waals surface area contributed by atoms with Crippen molar-refractivity contribution in [1.82, 2.24) is 14.5 Å². The van der Waals surface area contributed by atoms with E-state index in [-0.39, 0.29) is 16.9 Å². The standard InChI is InChI=1S/C15H27N3O3S/c1-11(19)9-16-22(20,21)13-10-18(12-7-5-6-8-12)17-14(13)15(2,3)4/h10-12,16,19H,5-9H2,1-4H3. The number of rotatable bonds is 5. The summed E-state index contributed by atoms with van der Waals surface area (Å²) < 4.78 is 29.4. The first kappa shape index (κ1) is 17.4. The van der Waals surface area contributed by atoms with E-state index < -0.39 is 16.1 Å². The number of hydrogen-bond donors (Lipinski definition) is 2. The fourth-order valence-electron chi connectivity index (χ4n) is 2.76. The molecule has 1 atom stereocenters. The van der Waals surface area contributed by atoms with Gasteiger partial charge in [-0.05, 0) is 19.8 Å². The molecule has 126 valence electrons. The maximum atomic E-state index is 12.6. The number of sulfonamides is 1. The lowest BCUT2D eigenvalue weighted by atomic mass is 9.92. The Morgan fingerprint density at radius 1 is 1.41 bits per heavy atom. The molecule has 2 rings (SSSR count). The van der Waals surface area contributed by atoms with Crippen molar-refractivity contribution in [2.45, 2.75) is 75.8 Å². The van der Waals surface area contributed by atoms with Crippen molar-refractivity contribution in [3.05, 3.63) is 11.9 Å². The predicted octanol–water partition coefficient (Wildman–Crippen LogP) is 1.95. The van der Waals surface area contributed by atoms with Gasteiger partial charge in [-0.2, -0.15) is 5.10 Å². The quantitative estimate of drug-likeness (QED) is 0.865. The topological polar surface area (TPSA) is 84.2 Å². The molecular formula is C15H27N3O3S. The average Bonchev–Trinajstić information content (AvgIpc) is 3.04. The van der Waals surface area contributed by atoms with Crippen LogP contribution in [0.1, 0.15) is 65.1 Å². The van der Waals surface area contributed by atoms with Gasteiger partial charge in [0.1, 0.15) is 4.90 Å². The molecule has 22 heavy (non-hydrogen) atoms. The molecule has 1 aliphatic carbocycles. The van der Waals surface area contributed by atoms with Crippen molar-refractivity contribution >= 4 is 10.0 Å². The third-order valence-corrected chi connectivity index (χ3v) is 5.39. The van der Waals surface area contributed by atoms with Gasteiger partial charge < -0.3 is 5.11 Å². The van der Waals surface area contributed by atoms with E-state index in [4.69, 9.17) is 0 Å². The van der Waals surface area contributed by atoms with E-state index in [2.05, 4.69) is 9.82 Å². The summed E-state index contributed by atoms with van der Waals surface area (Å²) in [5.41, 5.74) is 0.219. The minimum absolute atomic E-state index is 0.000521. The van der Waals surface area contributed by atoms with Gasteiger partial charge in [0.2, 0.25) is 10.0 Å². The summed E-state index contributed by atoms with van der Waals surface area (Å²) in [7, 11) is -3.67. The Balaban J connectivity index is 2.39. The molecule has 7 heteroatoms. The van der Waals surface area contributed by atoms with E-state index in [1.807, 2.05) is 25.5 Å². The second kappa shape index (κ2) is 6.29. The van der Waals surface area contributed by atoms with Crippen LogP contribution in [0, 0.1) is 0 Å². The van der Waals surface area contributed by atoms with Crippen LogP contribution in [0.3, 0.4) is 0 Å². The molecule has 1 heterocycles. The van der Waals surface area contributed by atoms with Crippen LogP contribution in [0.5, 0.6) is 0 Å². The van der Waals surface area contributed by atoms with Crippen molar-refractivity contribution in [1.29, 1.82) is 0 Å². The number of nitrogens with one attached hydrogen (secondary N) is 1. The fraction of sp³-hybridized carbons (Fsp3) is 0.800. The highest BCUT2D eigenvalue weighted by Gasteiger charge is 2.31. The molecular weight excluding hydrogens is 302 g/mol. The maximum absolute atomic E-state index is 12.6. The minimum atomic E-state index is -3.67. The second-order valence-electron chi connectivity index (χ2n) is 7.21. The molecule has 1 aliphatic rings. The van der Waals surface area contributed by atoms with Crippen molar-refractivity contribution in [2.24, 2.45) is 0 Å². The molecule has 1 aromatic rings. The van der Waals surface area contributed by atoms with E-state index in [1.165, 1.54) is 0 Å². The van der Waals surface area contributed by atoms with Gasteiger partial charge in [-0.25, -0.2) is 13.1 Å². The third-order valence-electron chi connectivity index (χ3n) is 3.97. The summed E-state index contributed by atoms with van der Waals surface area (Å²) >= 11 is 0. The van der Waals surface area contributed by atoms with Gasteiger partial charge in [-0.15, -0.1) is 0 Å². The van der Waals surface area contributed by atoms with Gasteiger partial charge in [0.15, 0.2) is 0 Å². The highest BCUT2D eigenvalue weighted by Crippen LogP contribution is 2.33. The monoisotopic (exact) mass is 329 g/mol. The molecule has 0 aromatic carbocycles. The molecule has 0 bridgehead atoms. The van der Waals surface area contributed by atoms with Crippen molar-refractivity contribution in [2.75, 3.05) is 6.54 Å². The zero-order valence-corrected chi connectivity index (χ0v) is 14.7. The Kier molecular flexibility index (Phi) is 4.99. The number of nitrogens with zero attached hydrogens (tertiary/aromatic N) is 2. The molecule has 0 aliphatic heterocycles. The predicted molar refractivity (Wildman–Crippen MR) is 85.3 cm³/mol. The third kappa shape index (κ3) is 3.88. The number of aromatic nitrogens is 2. The zero-order chi connectivity index (χ0) is 16.5. The first-order valence-electron chi connectivity index (χ1n) is 7.88. The molecule has 0 saturated heterocycles. The molecule has 0 spiro atoms. The first-order valence-corrected chi connectivity index (χ1v) is 9.37. The van der Waals surface area contributed by atoms with Crippen LogP contribution >= 0.6 is 0 Å². The lowest BCUT2D eigenvalue weighted by molar-refractivity contribution is 0.198. The van der Waals surface area contributed by atoms with Crippen LogP contribution in [0.4, 0.5) is 0 Å². The maximum Gasteiger partial charge on any atom is 0.244 e. The largest absolute Gasteiger partial charge is 0.392 e. The first-order chi connectivity index (χ1) is 10.1. The molecule has 1 fully saturated rings. The zero-order valence-electron chi connectivity index (χ0n) is 13.8. The van der Waals surface area contributed by atoms with Gasteiger partial charge in [0, 0.05) is 18.2 Å². The summed E-state index contributed by atoms with van der Waals surface area (Å²) in [5, 5.41) is 13.9. The van der Waals surface area contributed by atoms with Crippen LogP contribution in [0.2, 0.25) is 0 Å². The van der Waals surface area contributed by atoms with E-state index in [9.17, 15) is 13.5 Å². The van der Waals surface area contributed by atoms with E-state index in [0.717, 1.165) is 25.7 Å². The van der Waals surface area contributed by atoms with Crippen LogP contribution in [0.25, 0.3) is 0 Å². The Hall–Kier alpha value is -0.920. The van der Waals surface area contributed by atoms with Gasteiger partial charge >= 0.3 is 0 Å². The van der Waals surface area contributed by atoms with Crippen LogP contribution in [-0.2, 0) is 15.4 Å². The highest BCUT2D eigenvalue weighted by molar-refractivity contribution is 7.89. The Morgan fingerprint density at radius 2 is 2.00 bits per heavy atom. The lowest BCUT2D eigenvalue weighted by Crippen LogP contribution is -2.32. The average molecular weight is 329 g/mol. The van der Waals surface area contributed by atoms with Crippen LogP contribution in [-0.4, -0.2) is 36.0 Å². The minimum Gasteiger partial charge on any atom is -0.392 e. The molecule has 2 N–H and O–H groups in total.